The normalized spacial score (nSPS) is 20.9. The van der Waals surface area contributed by atoms with Gasteiger partial charge in [0.2, 0.25) is 0 Å². The van der Waals surface area contributed by atoms with Gasteiger partial charge >= 0.3 is 0 Å². The van der Waals surface area contributed by atoms with Crippen LogP contribution in [0.2, 0.25) is 0 Å². The molecule has 2 rings (SSSR count). The molecular formula is C12H14BrFO2. The van der Waals surface area contributed by atoms with E-state index in [-0.39, 0.29) is 18.0 Å². The van der Waals surface area contributed by atoms with E-state index in [1.165, 1.54) is 6.07 Å². The Bertz CT molecular complexity index is 391. The van der Waals surface area contributed by atoms with Crippen LogP contribution in [0.3, 0.4) is 0 Å². The first-order valence-electron chi connectivity index (χ1n) is 5.27. The van der Waals surface area contributed by atoms with Crippen LogP contribution in [-0.2, 0) is 9.47 Å². The summed E-state index contributed by atoms with van der Waals surface area (Å²) in [6.45, 7) is 5.10. The van der Waals surface area contributed by atoms with Crippen molar-refractivity contribution in [2.24, 2.45) is 0 Å². The lowest BCUT2D eigenvalue weighted by Crippen LogP contribution is -2.07. The van der Waals surface area contributed by atoms with Gasteiger partial charge in [-0.3, -0.25) is 0 Å². The van der Waals surface area contributed by atoms with Crippen molar-refractivity contribution in [3.8, 4) is 0 Å². The van der Waals surface area contributed by atoms with Gasteiger partial charge in [0.05, 0.1) is 19.3 Å². The maximum Gasteiger partial charge on any atom is 0.127 e. The van der Waals surface area contributed by atoms with Crippen molar-refractivity contribution in [2.75, 3.05) is 13.2 Å². The molecule has 1 aliphatic heterocycles. The number of halogens is 2. The zero-order valence-corrected chi connectivity index (χ0v) is 10.9. The van der Waals surface area contributed by atoms with Gasteiger partial charge in [-0.2, -0.15) is 0 Å². The Morgan fingerprint density at radius 3 is 2.94 bits per heavy atom. The van der Waals surface area contributed by atoms with E-state index >= 15 is 0 Å². The molecule has 1 heterocycles. The van der Waals surface area contributed by atoms with Crippen molar-refractivity contribution < 1.29 is 13.9 Å². The Labute approximate surface area is 103 Å². The van der Waals surface area contributed by atoms with Crippen LogP contribution >= 0.6 is 15.9 Å². The second-order valence-electron chi connectivity index (χ2n) is 4.01. The molecule has 1 unspecified atom stereocenters. The molecule has 1 aromatic carbocycles. The van der Waals surface area contributed by atoms with Crippen molar-refractivity contribution in [1.29, 1.82) is 0 Å². The van der Waals surface area contributed by atoms with Gasteiger partial charge in [0.25, 0.3) is 0 Å². The van der Waals surface area contributed by atoms with Crippen molar-refractivity contribution in [2.45, 2.75) is 26.1 Å². The SMILES string of the molecule is Cc1c(F)ccc([C@@H](C)OCC2CO2)c1Br. The van der Waals surface area contributed by atoms with Crippen molar-refractivity contribution in [1.82, 2.24) is 0 Å². The summed E-state index contributed by atoms with van der Waals surface area (Å²) in [7, 11) is 0. The van der Waals surface area contributed by atoms with E-state index in [4.69, 9.17) is 9.47 Å². The number of hydrogen-bond acceptors (Lipinski definition) is 2. The van der Waals surface area contributed by atoms with Gasteiger partial charge in [-0.25, -0.2) is 4.39 Å². The third kappa shape index (κ3) is 2.62. The van der Waals surface area contributed by atoms with Gasteiger partial charge in [0.15, 0.2) is 0 Å². The zero-order valence-electron chi connectivity index (χ0n) is 9.30. The molecular weight excluding hydrogens is 275 g/mol. The minimum atomic E-state index is -0.201. The summed E-state index contributed by atoms with van der Waals surface area (Å²) in [5.41, 5.74) is 1.59. The first kappa shape index (κ1) is 12.0. The molecule has 1 fully saturated rings. The van der Waals surface area contributed by atoms with E-state index in [2.05, 4.69) is 15.9 Å². The highest BCUT2D eigenvalue weighted by molar-refractivity contribution is 9.10. The Balaban J connectivity index is 2.09. The third-order valence-corrected chi connectivity index (χ3v) is 3.78. The van der Waals surface area contributed by atoms with E-state index in [0.717, 1.165) is 16.6 Å². The number of rotatable bonds is 4. The molecule has 0 spiro atoms. The lowest BCUT2D eigenvalue weighted by atomic mass is 10.1. The Morgan fingerprint density at radius 1 is 1.62 bits per heavy atom. The second-order valence-corrected chi connectivity index (χ2v) is 4.80. The van der Waals surface area contributed by atoms with Crippen LogP contribution in [0, 0.1) is 12.7 Å². The second kappa shape index (κ2) is 4.82. The summed E-state index contributed by atoms with van der Waals surface area (Å²) in [5, 5.41) is 0. The molecule has 1 saturated heterocycles. The minimum absolute atomic E-state index is 0.0575. The maximum atomic E-state index is 13.3. The molecule has 4 heteroatoms. The smallest absolute Gasteiger partial charge is 0.127 e. The van der Waals surface area contributed by atoms with Crippen molar-refractivity contribution in [3.05, 3.63) is 33.5 Å². The van der Waals surface area contributed by atoms with Gasteiger partial charge in [0.1, 0.15) is 11.9 Å². The number of benzene rings is 1. The number of epoxide rings is 1. The lowest BCUT2D eigenvalue weighted by molar-refractivity contribution is 0.0534. The largest absolute Gasteiger partial charge is 0.371 e. The van der Waals surface area contributed by atoms with E-state index in [9.17, 15) is 4.39 Å². The van der Waals surface area contributed by atoms with Gasteiger partial charge < -0.3 is 9.47 Å². The molecule has 0 saturated carbocycles. The molecule has 16 heavy (non-hydrogen) atoms. The molecule has 0 N–H and O–H groups in total. The van der Waals surface area contributed by atoms with Gasteiger partial charge in [-0.1, -0.05) is 22.0 Å². The van der Waals surface area contributed by atoms with E-state index in [1.807, 2.05) is 6.92 Å². The third-order valence-electron chi connectivity index (χ3n) is 2.72. The van der Waals surface area contributed by atoms with E-state index in [0.29, 0.717) is 12.2 Å². The predicted octanol–water partition coefficient (Wildman–Crippen LogP) is 3.37. The molecule has 1 aromatic rings. The molecule has 1 aliphatic rings. The fraction of sp³-hybridized carbons (Fsp3) is 0.500. The van der Waals surface area contributed by atoms with Gasteiger partial charge in [0, 0.05) is 4.47 Å². The Morgan fingerprint density at radius 2 is 2.31 bits per heavy atom. The van der Waals surface area contributed by atoms with Crippen molar-refractivity contribution in [3.63, 3.8) is 0 Å². The maximum absolute atomic E-state index is 13.3. The topological polar surface area (TPSA) is 21.8 Å². The molecule has 0 aliphatic carbocycles. The fourth-order valence-corrected chi connectivity index (χ4v) is 2.15. The average molecular weight is 289 g/mol. The van der Waals surface area contributed by atoms with Gasteiger partial charge in [-0.15, -0.1) is 0 Å². The van der Waals surface area contributed by atoms with Crippen LogP contribution in [0.4, 0.5) is 4.39 Å². The minimum Gasteiger partial charge on any atom is -0.371 e. The summed E-state index contributed by atoms with van der Waals surface area (Å²) in [6, 6.07) is 3.23. The van der Waals surface area contributed by atoms with Crippen molar-refractivity contribution >= 4 is 15.9 Å². The molecule has 0 radical (unpaired) electrons. The van der Waals surface area contributed by atoms with E-state index in [1.54, 1.807) is 13.0 Å². The fourth-order valence-electron chi connectivity index (χ4n) is 1.50. The molecule has 2 atom stereocenters. The summed E-state index contributed by atoms with van der Waals surface area (Å²) in [6.07, 6.45) is 0.195. The monoisotopic (exact) mass is 288 g/mol. The van der Waals surface area contributed by atoms with Gasteiger partial charge in [-0.05, 0) is 31.0 Å². The molecule has 88 valence electrons. The van der Waals surface area contributed by atoms with Crippen LogP contribution in [-0.4, -0.2) is 19.3 Å². The molecule has 0 aromatic heterocycles. The summed E-state index contributed by atoms with van der Waals surface area (Å²) in [4.78, 5) is 0. The number of ether oxygens (including phenoxy) is 2. The van der Waals surface area contributed by atoms with Crippen LogP contribution in [0.1, 0.15) is 24.2 Å². The highest BCUT2D eigenvalue weighted by atomic mass is 79.9. The summed E-state index contributed by atoms with van der Waals surface area (Å²) >= 11 is 3.40. The van der Waals surface area contributed by atoms with Crippen LogP contribution < -0.4 is 0 Å². The molecule has 0 bridgehead atoms. The van der Waals surface area contributed by atoms with Crippen LogP contribution in [0.5, 0.6) is 0 Å². The first-order chi connectivity index (χ1) is 7.59. The quantitative estimate of drug-likeness (QED) is 0.793. The molecule has 0 amide bonds. The highest BCUT2D eigenvalue weighted by Crippen LogP contribution is 2.30. The van der Waals surface area contributed by atoms with Crippen LogP contribution in [0.15, 0.2) is 16.6 Å². The van der Waals surface area contributed by atoms with E-state index < -0.39 is 0 Å². The summed E-state index contributed by atoms with van der Waals surface area (Å²) < 4.78 is 24.8. The lowest BCUT2D eigenvalue weighted by Gasteiger charge is -2.16. The summed E-state index contributed by atoms with van der Waals surface area (Å²) in [5.74, 6) is -0.201. The zero-order chi connectivity index (χ0) is 11.7. The Hall–Kier alpha value is -0.450. The molecule has 2 nitrogen and oxygen atoms in total. The standard InChI is InChI=1S/C12H14BrFO2/c1-7-11(14)4-3-10(12(7)13)8(2)15-5-9-6-16-9/h3-4,8-9H,5-6H2,1-2H3/t8-,9?/m1/s1. The number of hydrogen-bond donors (Lipinski definition) is 0. The Kier molecular flexibility index (Phi) is 3.62. The highest BCUT2D eigenvalue weighted by Gasteiger charge is 2.24. The van der Waals surface area contributed by atoms with Crippen LogP contribution in [0.25, 0.3) is 0 Å². The predicted molar refractivity (Wildman–Crippen MR) is 62.9 cm³/mol. The first-order valence-corrected chi connectivity index (χ1v) is 6.06. The average Bonchev–Trinajstić information content (AvgIpc) is 3.07.